The van der Waals surface area contributed by atoms with E-state index in [4.69, 9.17) is 15.2 Å². The van der Waals surface area contributed by atoms with Crippen molar-refractivity contribution in [3.8, 4) is 5.75 Å². The second kappa shape index (κ2) is 7.12. The molecule has 0 bridgehead atoms. The Balaban J connectivity index is 2.63. The molecule has 112 valence electrons. The maximum absolute atomic E-state index is 12.0. The molecule has 6 heteroatoms. The summed E-state index contributed by atoms with van der Waals surface area (Å²) >= 11 is 0. The van der Waals surface area contributed by atoms with Gasteiger partial charge in [-0.05, 0) is 19.1 Å². The Kier molecular flexibility index (Phi) is 5.79. The summed E-state index contributed by atoms with van der Waals surface area (Å²) in [7, 11) is 3.09. The Morgan fingerprint density at radius 1 is 1.45 bits per heavy atom. The van der Waals surface area contributed by atoms with Crippen LogP contribution >= 0.6 is 0 Å². The molecule has 1 rings (SSSR count). The van der Waals surface area contributed by atoms with Crippen molar-refractivity contribution >= 4 is 11.6 Å². The number of aliphatic hydroxyl groups is 1. The molecular weight excluding hydrogens is 260 g/mol. The molecule has 0 heterocycles. The third-order valence-corrected chi connectivity index (χ3v) is 2.98. The zero-order valence-electron chi connectivity index (χ0n) is 12.1. The first-order chi connectivity index (χ1) is 9.39. The quantitative estimate of drug-likeness (QED) is 0.643. The Labute approximate surface area is 118 Å². The average Bonchev–Trinajstić information content (AvgIpc) is 2.42. The number of ether oxygens (including phenoxy) is 2. The van der Waals surface area contributed by atoms with Gasteiger partial charge in [0, 0.05) is 38.4 Å². The van der Waals surface area contributed by atoms with Crippen LogP contribution < -0.4 is 15.8 Å². The first kappa shape index (κ1) is 16.3. The van der Waals surface area contributed by atoms with Crippen LogP contribution in [0.4, 0.5) is 5.69 Å². The second-order valence-electron chi connectivity index (χ2n) is 4.88. The molecule has 0 saturated heterocycles. The summed E-state index contributed by atoms with van der Waals surface area (Å²) in [4.78, 5) is 12.0. The summed E-state index contributed by atoms with van der Waals surface area (Å²) in [5.74, 6) is 0.258. The summed E-state index contributed by atoms with van der Waals surface area (Å²) in [6.45, 7) is 2.19. The fourth-order valence-electron chi connectivity index (χ4n) is 1.65. The average molecular weight is 282 g/mol. The summed E-state index contributed by atoms with van der Waals surface area (Å²) in [5, 5.41) is 12.7. The minimum absolute atomic E-state index is 0.126. The summed E-state index contributed by atoms with van der Waals surface area (Å²) < 4.78 is 9.93. The highest BCUT2D eigenvalue weighted by Gasteiger charge is 2.21. The fourth-order valence-corrected chi connectivity index (χ4v) is 1.65. The van der Waals surface area contributed by atoms with E-state index in [0.29, 0.717) is 30.0 Å². The number of benzene rings is 1. The van der Waals surface area contributed by atoms with Gasteiger partial charge in [0.2, 0.25) is 0 Å². The highest BCUT2D eigenvalue weighted by Crippen LogP contribution is 2.19. The monoisotopic (exact) mass is 282 g/mol. The van der Waals surface area contributed by atoms with Gasteiger partial charge in [0.05, 0.1) is 18.3 Å². The van der Waals surface area contributed by atoms with E-state index in [1.807, 2.05) is 0 Å². The number of methoxy groups -OCH3 is 2. The van der Waals surface area contributed by atoms with Crippen molar-refractivity contribution < 1.29 is 19.4 Å². The lowest BCUT2D eigenvalue weighted by Crippen LogP contribution is -2.41. The van der Waals surface area contributed by atoms with E-state index in [2.05, 4.69) is 5.32 Å². The molecule has 20 heavy (non-hydrogen) atoms. The van der Waals surface area contributed by atoms with Crippen LogP contribution in [0.15, 0.2) is 18.2 Å². The molecule has 0 aliphatic heterocycles. The number of nitrogens with one attached hydrogen (secondary N) is 1. The lowest BCUT2D eigenvalue weighted by atomic mass is 10.0. The van der Waals surface area contributed by atoms with Crippen molar-refractivity contribution in [3.05, 3.63) is 23.8 Å². The van der Waals surface area contributed by atoms with E-state index in [0.717, 1.165) is 0 Å². The number of nitrogen functional groups attached to an aromatic ring is 1. The topological polar surface area (TPSA) is 93.8 Å². The third-order valence-electron chi connectivity index (χ3n) is 2.98. The molecule has 1 atom stereocenters. The second-order valence-corrected chi connectivity index (χ2v) is 4.88. The molecule has 0 aliphatic rings. The number of nitrogens with two attached hydrogens (primary N) is 1. The third kappa shape index (κ3) is 4.71. The van der Waals surface area contributed by atoms with Gasteiger partial charge in [0.15, 0.2) is 0 Å². The predicted octanol–water partition coefficient (Wildman–Crippen LogP) is 0.795. The van der Waals surface area contributed by atoms with Crippen LogP contribution in [0.25, 0.3) is 0 Å². The summed E-state index contributed by atoms with van der Waals surface area (Å²) in [6.07, 6.45) is 0.432. The first-order valence-corrected chi connectivity index (χ1v) is 6.32. The maximum atomic E-state index is 12.0. The molecule has 0 spiro atoms. The van der Waals surface area contributed by atoms with Crippen LogP contribution in [0.2, 0.25) is 0 Å². The lowest BCUT2D eigenvalue weighted by molar-refractivity contribution is 0.0244. The lowest BCUT2D eigenvalue weighted by Gasteiger charge is -2.23. The van der Waals surface area contributed by atoms with Gasteiger partial charge in [0.1, 0.15) is 5.75 Å². The van der Waals surface area contributed by atoms with E-state index in [9.17, 15) is 9.90 Å². The summed E-state index contributed by atoms with van der Waals surface area (Å²) in [6, 6.07) is 4.83. The van der Waals surface area contributed by atoms with Crippen LogP contribution in [0.1, 0.15) is 23.7 Å². The molecular formula is C14H22N2O4. The normalized spacial score (nSPS) is 13.6. The molecule has 0 aromatic heterocycles. The fraction of sp³-hybridized carbons (Fsp3) is 0.500. The summed E-state index contributed by atoms with van der Waals surface area (Å²) in [5.41, 5.74) is 5.46. The van der Waals surface area contributed by atoms with Gasteiger partial charge in [-0.2, -0.15) is 0 Å². The van der Waals surface area contributed by atoms with Gasteiger partial charge in [-0.25, -0.2) is 0 Å². The van der Waals surface area contributed by atoms with Crippen LogP contribution in [0, 0.1) is 0 Å². The predicted molar refractivity (Wildman–Crippen MR) is 76.9 cm³/mol. The molecule has 1 amide bonds. The van der Waals surface area contributed by atoms with E-state index < -0.39 is 5.60 Å². The van der Waals surface area contributed by atoms with Crippen molar-refractivity contribution in [2.24, 2.45) is 0 Å². The largest absolute Gasteiger partial charge is 0.497 e. The number of hydrogen-bond donors (Lipinski definition) is 3. The molecule has 0 fully saturated rings. The van der Waals surface area contributed by atoms with Crippen molar-refractivity contribution in [2.45, 2.75) is 18.9 Å². The molecule has 4 N–H and O–H groups in total. The number of rotatable bonds is 7. The number of hydrogen-bond acceptors (Lipinski definition) is 5. The van der Waals surface area contributed by atoms with Crippen molar-refractivity contribution in [1.29, 1.82) is 0 Å². The maximum Gasteiger partial charge on any atom is 0.253 e. The smallest absolute Gasteiger partial charge is 0.253 e. The molecule has 0 saturated carbocycles. The number of amides is 1. The number of carbonyl (C=O) groups excluding carboxylic acids is 1. The standard InChI is InChI=1S/C14H22N2O4/c1-14(18,6-7-19-2)9-16-13(17)11-5-4-10(20-3)8-12(11)15/h4-5,8,18H,6-7,9,15H2,1-3H3,(H,16,17). The molecule has 1 aromatic carbocycles. The molecule has 0 radical (unpaired) electrons. The van der Waals surface area contributed by atoms with Crippen LogP contribution in [-0.2, 0) is 4.74 Å². The van der Waals surface area contributed by atoms with Crippen molar-refractivity contribution in [2.75, 3.05) is 33.1 Å². The minimum Gasteiger partial charge on any atom is -0.497 e. The Morgan fingerprint density at radius 3 is 2.70 bits per heavy atom. The van der Waals surface area contributed by atoms with E-state index in [1.165, 1.54) is 7.11 Å². The van der Waals surface area contributed by atoms with Crippen LogP contribution in [0.5, 0.6) is 5.75 Å². The van der Waals surface area contributed by atoms with Crippen LogP contribution in [-0.4, -0.2) is 44.0 Å². The zero-order valence-corrected chi connectivity index (χ0v) is 12.1. The van der Waals surface area contributed by atoms with Gasteiger partial charge in [-0.1, -0.05) is 0 Å². The highest BCUT2D eigenvalue weighted by molar-refractivity contribution is 5.99. The number of carbonyl (C=O) groups is 1. The minimum atomic E-state index is -1.02. The molecule has 6 nitrogen and oxygen atoms in total. The van der Waals surface area contributed by atoms with Gasteiger partial charge >= 0.3 is 0 Å². The SMILES string of the molecule is COCCC(C)(O)CNC(=O)c1ccc(OC)cc1N. The zero-order chi connectivity index (χ0) is 15.2. The van der Waals surface area contributed by atoms with Gasteiger partial charge in [0.25, 0.3) is 5.91 Å². The Hall–Kier alpha value is -1.79. The Bertz CT molecular complexity index is 460. The molecule has 1 unspecified atom stereocenters. The van der Waals surface area contributed by atoms with Crippen molar-refractivity contribution in [1.82, 2.24) is 5.32 Å². The van der Waals surface area contributed by atoms with Gasteiger partial charge in [-0.3, -0.25) is 4.79 Å². The molecule has 0 aliphatic carbocycles. The number of anilines is 1. The van der Waals surface area contributed by atoms with E-state index in [-0.39, 0.29) is 12.5 Å². The van der Waals surface area contributed by atoms with Gasteiger partial charge < -0.3 is 25.6 Å². The van der Waals surface area contributed by atoms with E-state index >= 15 is 0 Å². The molecule has 1 aromatic rings. The highest BCUT2D eigenvalue weighted by atomic mass is 16.5. The first-order valence-electron chi connectivity index (χ1n) is 6.32. The van der Waals surface area contributed by atoms with E-state index in [1.54, 1.807) is 32.2 Å². The van der Waals surface area contributed by atoms with Crippen molar-refractivity contribution in [3.63, 3.8) is 0 Å². The van der Waals surface area contributed by atoms with Gasteiger partial charge in [-0.15, -0.1) is 0 Å². The van der Waals surface area contributed by atoms with Crippen LogP contribution in [0.3, 0.4) is 0 Å². The Morgan fingerprint density at radius 2 is 2.15 bits per heavy atom.